The predicted molar refractivity (Wildman–Crippen MR) is 62.5 cm³/mol. The van der Waals surface area contributed by atoms with Gasteiger partial charge in [-0.15, -0.1) is 22.7 Å². The van der Waals surface area contributed by atoms with Crippen molar-refractivity contribution in [2.24, 2.45) is 5.73 Å². The maximum atomic E-state index is 5.99. The number of thiazole rings is 1. The van der Waals surface area contributed by atoms with Gasteiger partial charge in [0.25, 0.3) is 0 Å². The van der Waals surface area contributed by atoms with Crippen LogP contribution in [0.4, 0.5) is 0 Å². The zero-order valence-corrected chi connectivity index (χ0v) is 10.1. The number of hydrogen-bond donors (Lipinski definition) is 1. The fourth-order valence-corrected chi connectivity index (χ4v) is 3.24. The van der Waals surface area contributed by atoms with E-state index < -0.39 is 0 Å². The Kier molecular flexibility index (Phi) is 3.09. The fraction of sp³-hybridized carbons (Fsp3) is 0.125. The average molecular weight is 265 g/mol. The van der Waals surface area contributed by atoms with Crippen LogP contribution in [0.2, 0.25) is 8.67 Å². The summed E-state index contributed by atoms with van der Waals surface area (Å²) in [4.78, 5) is 4.14. The highest BCUT2D eigenvalue weighted by Gasteiger charge is 2.16. The van der Waals surface area contributed by atoms with Crippen molar-refractivity contribution in [2.45, 2.75) is 6.04 Å². The molecule has 0 spiro atoms. The van der Waals surface area contributed by atoms with Gasteiger partial charge in [-0.05, 0) is 6.07 Å². The van der Waals surface area contributed by atoms with Crippen molar-refractivity contribution < 1.29 is 0 Å². The first kappa shape index (κ1) is 10.4. The SMILES string of the molecule is NC(c1cscn1)c1cc(Cl)sc1Cl. The van der Waals surface area contributed by atoms with Crippen LogP contribution in [-0.4, -0.2) is 4.98 Å². The molecule has 0 saturated carbocycles. The highest BCUT2D eigenvalue weighted by molar-refractivity contribution is 7.20. The quantitative estimate of drug-likeness (QED) is 0.901. The molecule has 2 nitrogen and oxygen atoms in total. The number of rotatable bonds is 2. The fourth-order valence-electron chi connectivity index (χ4n) is 1.10. The van der Waals surface area contributed by atoms with Crippen LogP contribution in [0, 0.1) is 0 Å². The van der Waals surface area contributed by atoms with E-state index in [4.69, 9.17) is 28.9 Å². The predicted octanol–water partition coefficient (Wildman–Crippen LogP) is 3.56. The molecule has 0 aliphatic rings. The van der Waals surface area contributed by atoms with Crippen LogP contribution < -0.4 is 5.73 Å². The summed E-state index contributed by atoms with van der Waals surface area (Å²) in [6.45, 7) is 0. The molecule has 1 atom stereocenters. The lowest BCUT2D eigenvalue weighted by molar-refractivity contribution is 0.844. The molecule has 1 unspecified atom stereocenters. The van der Waals surface area contributed by atoms with Gasteiger partial charge in [0.1, 0.15) is 0 Å². The molecule has 2 heterocycles. The third kappa shape index (κ3) is 1.94. The van der Waals surface area contributed by atoms with Crippen molar-refractivity contribution in [2.75, 3.05) is 0 Å². The molecule has 2 rings (SSSR count). The first-order chi connectivity index (χ1) is 6.68. The van der Waals surface area contributed by atoms with Crippen molar-refractivity contribution in [3.05, 3.63) is 36.9 Å². The van der Waals surface area contributed by atoms with Gasteiger partial charge >= 0.3 is 0 Å². The van der Waals surface area contributed by atoms with E-state index in [2.05, 4.69) is 4.98 Å². The maximum Gasteiger partial charge on any atom is 0.0995 e. The van der Waals surface area contributed by atoms with E-state index in [9.17, 15) is 0 Å². The highest BCUT2D eigenvalue weighted by atomic mass is 35.5. The minimum atomic E-state index is -0.280. The number of hydrogen-bond acceptors (Lipinski definition) is 4. The Morgan fingerprint density at radius 3 is 2.71 bits per heavy atom. The van der Waals surface area contributed by atoms with Crippen LogP contribution in [0.25, 0.3) is 0 Å². The Morgan fingerprint density at radius 1 is 1.43 bits per heavy atom. The molecule has 0 aromatic carbocycles. The van der Waals surface area contributed by atoms with Gasteiger partial charge in [0.05, 0.1) is 25.9 Å². The molecular weight excluding hydrogens is 259 g/mol. The van der Waals surface area contributed by atoms with Gasteiger partial charge in [-0.1, -0.05) is 23.2 Å². The normalized spacial score (nSPS) is 13.1. The van der Waals surface area contributed by atoms with Gasteiger partial charge in [0.2, 0.25) is 0 Å². The van der Waals surface area contributed by atoms with Gasteiger partial charge < -0.3 is 5.73 Å². The molecule has 0 bridgehead atoms. The van der Waals surface area contributed by atoms with E-state index in [1.807, 2.05) is 5.38 Å². The van der Waals surface area contributed by atoms with E-state index in [0.717, 1.165) is 11.3 Å². The summed E-state index contributed by atoms with van der Waals surface area (Å²) < 4.78 is 1.28. The van der Waals surface area contributed by atoms with E-state index in [1.54, 1.807) is 11.6 Å². The van der Waals surface area contributed by atoms with Crippen LogP contribution in [0.3, 0.4) is 0 Å². The molecule has 6 heteroatoms. The number of thiophene rings is 1. The Hall–Kier alpha value is -0.130. The molecular formula is C8H6Cl2N2S2. The first-order valence-corrected chi connectivity index (χ1v) is 6.28. The standard InChI is InChI=1S/C8H6Cl2N2S2/c9-6-1-4(8(10)14-6)7(11)5-2-13-3-12-5/h1-3,7H,11H2. The summed E-state index contributed by atoms with van der Waals surface area (Å²) in [6, 6.07) is 1.51. The third-order valence-electron chi connectivity index (χ3n) is 1.79. The maximum absolute atomic E-state index is 5.99. The lowest BCUT2D eigenvalue weighted by Gasteiger charge is -2.06. The van der Waals surface area contributed by atoms with Gasteiger partial charge in [-0.2, -0.15) is 0 Å². The summed E-state index contributed by atoms with van der Waals surface area (Å²) in [5, 5.41) is 1.91. The monoisotopic (exact) mass is 264 g/mol. The van der Waals surface area contributed by atoms with Crippen molar-refractivity contribution in [1.82, 2.24) is 4.98 Å². The zero-order valence-electron chi connectivity index (χ0n) is 6.91. The minimum absolute atomic E-state index is 0.280. The minimum Gasteiger partial charge on any atom is -0.319 e. The van der Waals surface area contributed by atoms with Crippen molar-refractivity contribution >= 4 is 45.9 Å². The van der Waals surface area contributed by atoms with Crippen LogP contribution in [0.5, 0.6) is 0 Å². The topological polar surface area (TPSA) is 38.9 Å². The van der Waals surface area contributed by atoms with E-state index in [-0.39, 0.29) is 6.04 Å². The third-order valence-corrected chi connectivity index (χ3v) is 3.91. The molecule has 2 aromatic rings. The molecule has 0 radical (unpaired) electrons. The number of halogens is 2. The highest BCUT2D eigenvalue weighted by Crippen LogP contribution is 2.36. The van der Waals surface area contributed by atoms with Gasteiger partial charge in [0.15, 0.2) is 0 Å². The molecule has 74 valence electrons. The molecule has 0 amide bonds. The smallest absolute Gasteiger partial charge is 0.0995 e. The van der Waals surface area contributed by atoms with E-state index in [0.29, 0.717) is 8.67 Å². The number of aromatic nitrogens is 1. The van der Waals surface area contributed by atoms with Gasteiger partial charge in [-0.3, -0.25) is 0 Å². The lowest BCUT2D eigenvalue weighted by atomic mass is 10.1. The Bertz CT molecular complexity index is 424. The molecule has 0 fully saturated rings. The largest absolute Gasteiger partial charge is 0.319 e. The molecule has 0 saturated heterocycles. The van der Waals surface area contributed by atoms with Crippen molar-refractivity contribution in [1.29, 1.82) is 0 Å². The lowest BCUT2D eigenvalue weighted by Crippen LogP contribution is -2.11. The van der Waals surface area contributed by atoms with Gasteiger partial charge in [0, 0.05) is 10.9 Å². The molecule has 2 N–H and O–H groups in total. The molecule has 2 aromatic heterocycles. The number of nitrogens with zero attached hydrogens (tertiary/aromatic N) is 1. The summed E-state index contributed by atoms with van der Waals surface area (Å²) in [6.07, 6.45) is 0. The van der Waals surface area contributed by atoms with E-state index in [1.165, 1.54) is 22.7 Å². The average Bonchev–Trinajstić information content (AvgIpc) is 2.73. The molecule has 0 aliphatic carbocycles. The summed E-state index contributed by atoms with van der Waals surface area (Å²) in [5.41, 5.74) is 9.40. The number of nitrogens with two attached hydrogens (primary N) is 1. The summed E-state index contributed by atoms with van der Waals surface area (Å²) >= 11 is 14.7. The molecule has 0 aliphatic heterocycles. The summed E-state index contributed by atoms with van der Waals surface area (Å²) in [5.74, 6) is 0. The van der Waals surface area contributed by atoms with Gasteiger partial charge in [-0.25, -0.2) is 4.98 Å². The van der Waals surface area contributed by atoms with Crippen LogP contribution in [-0.2, 0) is 0 Å². The Morgan fingerprint density at radius 2 is 2.21 bits per heavy atom. The van der Waals surface area contributed by atoms with Crippen molar-refractivity contribution in [3.63, 3.8) is 0 Å². The Labute approximate surface area is 99.3 Å². The van der Waals surface area contributed by atoms with Crippen LogP contribution in [0.15, 0.2) is 17.0 Å². The summed E-state index contributed by atoms with van der Waals surface area (Å²) in [7, 11) is 0. The second-order valence-electron chi connectivity index (χ2n) is 2.67. The van der Waals surface area contributed by atoms with E-state index >= 15 is 0 Å². The van der Waals surface area contributed by atoms with Crippen LogP contribution in [0.1, 0.15) is 17.3 Å². The molecule has 14 heavy (non-hydrogen) atoms. The first-order valence-electron chi connectivity index (χ1n) is 3.77. The zero-order chi connectivity index (χ0) is 10.1. The second kappa shape index (κ2) is 4.16. The second-order valence-corrected chi connectivity index (χ2v) is 5.67. The Balaban J connectivity index is 2.36. The van der Waals surface area contributed by atoms with Crippen LogP contribution >= 0.6 is 45.9 Å². The van der Waals surface area contributed by atoms with Crippen molar-refractivity contribution in [3.8, 4) is 0 Å².